The maximum absolute atomic E-state index is 11.8. The van der Waals surface area contributed by atoms with Gasteiger partial charge in [-0.15, -0.1) is 0 Å². The molecule has 0 saturated carbocycles. The molecular formula is C16H33N3O2. The average Bonchev–Trinajstić information content (AvgIpc) is 2.37. The zero-order chi connectivity index (χ0) is 16.5. The Balaban J connectivity index is 3.91. The van der Waals surface area contributed by atoms with E-state index < -0.39 is 0 Å². The van der Waals surface area contributed by atoms with Crippen LogP contribution >= 0.6 is 0 Å². The summed E-state index contributed by atoms with van der Waals surface area (Å²) in [6, 6.07) is 0. The number of hydrogen-bond donors (Lipinski definition) is 3. The quantitative estimate of drug-likeness (QED) is 0.566. The Morgan fingerprint density at radius 2 is 1.62 bits per heavy atom. The van der Waals surface area contributed by atoms with Gasteiger partial charge in [0.05, 0.1) is 0 Å². The second-order valence-corrected chi connectivity index (χ2v) is 6.97. The van der Waals surface area contributed by atoms with Gasteiger partial charge in [0.1, 0.15) is 0 Å². The fraction of sp³-hybridized carbons (Fsp3) is 0.875. The van der Waals surface area contributed by atoms with Crippen LogP contribution in [0.3, 0.4) is 0 Å². The summed E-state index contributed by atoms with van der Waals surface area (Å²) in [6.07, 6.45) is 2.31. The van der Waals surface area contributed by atoms with Crippen LogP contribution in [0.4, 0.5) is 0 Å². The molecule has 0 heterocycles. The van der Waals surface area contributed by atoms with E-state index in [0.717, 1.165) is 12.8 Å². The Labute approximate surface area is 129 Å². The minimum absolute atomic E-state index is 0.0139. The molecular weight excluding hydrogens is 266 g/mol. The highest BCUT2D eigenvalue weighted by molar-refractivity contribution is 5.78. The maximum Gasteiger partial charge on any atom is 0.222 e. The Bertz CT molecular complexity index is 322. The average molecular weight is 299 g/mol. The van der Waals surface area contributed by atoms with Crippen molar-refractivity contribution in [3.8, 4) is 0 Å². The van der Waals surface area contributed by atoms with Gasteiger partial charge in [-0.1, -0.05) is 34.6 Å². The minimum atomic E-state index is -0.0236. The van der Waals surface area contributed by atoms with Gasteiger partial charge in [0, 0.05) is 25.4 Å². The number of carbonyl (C=O) groups excluding carboxylic acids is 2. The third kappa shape index (κ3) is 9.45. The summed E-state index contributed by atoms with van der Waals surface area (Å²) < 4.78 is 0. The zero-order valence-corrected chi connectivity index (χ0v) is 14.3. The topological polar surface area (TPSA) is 84.2 Å². The highest BCUT2D eigenvalue weighted by atomic mass is 16.2. The van der Waals surface area contributed by atoms with Crippen molar-refractivity contribution in [1.82, 2.24) is 10.6 Å². The summed E-state index contributed by atoms with van der Waals surface area (Å²) in [6.45, 7) is 11.9. The summed E-state index contributed by atoms with van der Waals surface area (Å²) in [4.78, 5) is 23.2. The predicted octanol–water partition coefficient (Wildman–Crippen LogP) is 1.67. The standard InChI is InChI=1S/C16H33N3O2/c1-12(2)15(21)19-11-10-18-14(20)7-6-13(8-9-17)16(3,4)5/h12-13H,6-11,17H2,1-5H3,(H,18,20)(H,19,21). The molecule has 0 aromatic rings. The van der Waals surface area contributed by atoms with E-state index in [9.17, 15) is 9.59 Å². The van der Waals surface area contributed by atoms with Gasteiger partial charge in [-0.3, -0.25) is 9.59 Å². The first-order valence-corrected chi connectivity index (χ1v) is 7.93. The molecule has 0 fully saturated rings. The van der Waals surface area contributed by atoms with E-state index in [4.69, 9.17) is 5.73 Å². The predicted molar refractivity (Wildman–Crippen MR) is 86.7 cm³/mol. The lowest BCUT2D eigenvalue weighted by atomic mass is 9.76. The van der Waals surface area contributed by atoms with Gasteiger partial charge in [0.2, 0.25) is 11.8 Å². The van der Waals surface area contributed by atoms with E-state index in [1.165, 1.54) is 0 Å². The first-order chi connectivity index (χ1) is 9.68. The van der Waals surface area contributed by atoms with Gasteiger partial charge in [0.15, 0.2) is 0 Å². The van der Waals surface area contributed by atoms with Gasteiger partial charge in [0.25, 0.3) is 0 Å². The zero-order valence-electron chi connectivity index (χ0n) is 14.3. The Morgan fingerprint density at radius 1 is 1.05 bits per heavy atom. The third-order valence-electron chi connectivity index (χ3n) is 3.73. The fourth-order valence-corrected chi connectivity index (χ4v) is 2.20. The molecule has 5 heteroatoms. The van der Waals surface area contributed by atoms with Crippen molar-refractivity contribution < 1.29 is 9.59 Å². The summed E-state index contributed by atoms with van der Waals surface area (Å²) in [5.41, 5.74) is 5.81. The number of amides is 2. The van der Waals surface area contributed by atoms with Gasteiger partial charge >= 0.3 is 0 Å². The Kier molecular flexibility index (Phi) is 9.26. The van der Waals surface area contributed by atoms with Gasteiger partial charge in [-0.25, -0.2) is 0 Å². The lowest BCUT2D eigenvalue weighted by molar-refractivity contribution is -0.124. The molecule has 4 N–H and O–H groups in total. The molecule has 0 bridgehead atoms. The number of hydrogen-bond acceptors (Lipinski definition) is 3. The van der Waals surface area contributed by atoms with E-state index in [2.05, 4.69) is 31.4 Å². The number of carbonyl (C=O) groups is 2. The van der Waals surface area contributed by atoms with Gasteiger partial charge in [-0.2, -0.15) is 0 Å². The first-order valence-electron chi connectivity index (χ1n) is 7.93. The van der Waals surface area contributed by atoms with E-state index >= 15 is 0 Å². The Hall–Kier alpha value is -1.10. The molecule has 2 amide bonds. The molecule has 124 valence electrons. The van der Waals surface area contributed by atoms with Gasteiger partial charge in [-0.05, 0) is 30.7 Å². The summed E-state index contributed by atoms with van der Waals surface area (Å²) in [5, 5.41) is 5.62. The van der Waals surface area contributed by atoms with Crippen LogP contribution in [0.25, 0.3) is 0 Å². The van der Waals surface area contributed by atoms with Crippen LogP contribution in [0.2, 0.25) is 0 Å². The summed E-state index contributed by atoms with van der Waals surface area (Å²) in [5.74, 6) is 0.485. The molecule has 21 heavy (non-hydrogen) atoms. The number of nitrogens with two attached hydrogens (primary N) is 1. The maximum atomic E-state index is 11.8. The lowest BCUT2D eigenvalue weighted by Gasteiger charge is -2.30. The molecule has 5 nitrogen and oxygen atoms in total. The van der Waals surface area contributed by atoms with Gasteiger partial charge < -0.3 is 16.4 Å². The third-order valence-corrected chi connectivity index (χ3v) is 3.73. The van der Waals surface area contributed by atoms with Crippen LogP contribution in [0, 0.1) is 17.3 Å². The van der Waals surface area contributed by atoms with Crippen molar-refractivity contribution in [2.45, 2.75) is 53.9 Å². The summed E-state index contributed by atoms with van der Waals surface area (Å²) in [7, 11) is 0. The number of nitrogens with one attached hydrogen (secondary N) is 2. The van der Waals surface area contributed by atoms with Crippen LogP contribution in [-0.4, -0.2) is 31.4 Å². The highest BCUT2D eigenvalue weighted by Gasteiger charge is 2.24. The van der Waals surface area contributed by atoms with Crippen LogP contribution in [0.5, 0.6) is 0 Å². The van der Waals surface area contributed by atoms with Crippen molar-refractivity contribution in [3.05, 3.63) is 0 Å². The smallest absolute Gasteiger partial charge is 0.222 e. The molecule has 0 rings (SSSR count). The highest BCUT2D eigenvalue weighted by Crippen LogP contribution is 2.31. The minimum Gasteiger partial charge on any atom is -0.354 e. The van der Waals surface area contributed by atoms with E-state index in [1.54, 1.807) is 0 Å². The lowest BCUT2D eigenvalue weighted by Crippen LogP contribution is -2.36. The van der Waals surface area contributed by atoms with Crippen molar-refractivity contribution in [1.29, 1.82) is 0 Å². The second-order valence-electron chi connectivity index (χ2n) is 6.97. The SMILES string of the molecule is CC(C)C(=O)NCCNC(=O)CCC(CCN)C(C)(C)C. The molecule has 0 aliphatic carbocycles. The second kappa shape index (κ2) is 9.77. The summed E-state index contributed by atoms with van der Waals surface area (Å²) >= 11 is 0. The molecule has 1 unspecified atom stereocenters. The van der Waals surface area contributed by atoms with E-state index in [0.29, 0.717) is 32.0 Å². The van der Waals surface area contributed by atoms with E-state index in [-0.39, 0.29) is 23.1 Å². The molecule has 0 radical (unpaired) electrons. The fourth-order valence-electron chi connectivity index (χ4n) is 2.20. The number of rotatable bonds is 9. The van der Waals surface area contributed by atoms with Crippen molar-refractivity contribution in [2.75, 3.05) is 19.6 Å². The molecule has 0 saturated heterocycles. The first kappa shape index (κ1) is 19.9. The molecule has 1 atom stereocenters. The Morgan fingerprint density at radius 3 is 2.10 bits per heavy atom. The molecule has 0 aromatic carbocycles. The van der Waals surface area contributed by atoms with Crippen molar-refractivity contribution in [3.63, 3.8) is 0 Å². The molecule has 0 aliphatic rings. The van der Waals surface area contributed by atoms with Crippen LogP contribution < -0.4 is 16.4 Å². The van der Waals surface area contributed by atoms with Crippen LogP contribution in [-0.2, 0) is 9.59 Å². The monoisotopic (exact) mass is 299 g/mol. The van der Waals surface area contributed by atoms with Crippen LogP contribution in [0.15, 0.2) is 0 Å². The normalized spacial score (nSPS) is 13.1. The molecule has 0 aromatic heterocycles. The molecule has 0 spiro atoms. The van der Waals surface area contributed by atoms with Crippen LogP contribution in [0.1, 0.15) is 53.9 Å². The molecule has 0 aliphatic heterocycles. The largest absolute Gasteiger partial charge is 0.354 e. The van der Waals surface area contributed by atoms with Crippen molar-refractivity contribution >= 4 is 11.8 Å². The van der Waals surface area contributed by atoms with E-state index in [1.807, 2.05) is 13.8 Å². The van der Waals surface area contributed by atoms with Crippen molar-refractivity contribution in [2.24, 2.45) is 23.0 Å².